The first-order chi connectivity index (χ1) is 13.0. The number of hydrogen-bond acceptors (Lipinski definition) is 5. The fourth-order valence-corrected chi connectivity index (χ4v) is 4.57. The molecule has 2 heterocycles. The lowest BCUT2D eigenvalue weighted by Crippen LogP contribution is -2.48. The van der Waals surface area contributed by atoms with Crippen molar-refractivity contribution in [3.63, 3.8) is 0 Å². The Hall–Kier alpha value is -2.45. The number of rotatable bonds is 6. The molecule has 1 aromatic heterocycles. The highest BCUT2D eigenvalue weighted by molar-refractivity contribution is 7.90. The molecule has 1 atom stereocenters. The van der Waals surface area contributed by atoms with Gasteiger partial charge in [0.05, 0.1) is 12.4 Å². The molecule has 1 aliphatic rings. The number of likely N-dealkylation sites (tertiary alicyclic amines) is 1. The molecule has 1 aromatic carbocycles. The molecule has 3 rings (SSSR count). The first-order valence-electron chi connectivity index (χ1n) is 8.81. The van der Waals surface area contributed by atoms with Crippen LogP contribution in [-0.2, 0) is 16.6 Å². The molecule has 0 spiro atoms. The zero-order valence-corrected chi connectivity index (χ0v) is 16.0. The summed E-state index contributed by atoms with van der Waals surface area (Å²) in [4.78, 5) is 18.2. The van der Waals surface area contributed by atoms with Gasteiger partial charge in [-0.15, -0.1) is 0 Å². The van der Waals surface area contributed by atoms with E-state index >= 15 is 0 Å². The molecular formula is C19H23N3O4S. The lowest BCUT2D eigenvalue weighted by atomic mass is 10.1. The molecule has 27 heavy (non-hydrogen) atoms. The fourth-order valence-electron chi connectivity index (χ4n) is 3.11. The SMILES string of the molecule is COc1cc(CNS(=O)(=O)[C@H]2CCCN(C(=O)c3ccccc3)C2)ccn1. The molecule has 0 unspecified atom stereocenters. The first kappa shape index (κ1) is 19.3. The van der Waals surface area contributed by atoms with Gasteiger partial charge in [-0.05, 0) is 36.6 Å². The van der Waals surface area contributed by atoms with Crippen LogP contribution in [0.25, 0.3) is 0 Å². The standard InChI is InChI=1S/C19H23N3O4S/c1-26-18-12-15(9-10-20-18)13-21-27(24,25)17-8-5-11-22(14-17)19(23)16-6-3-2-4-7-16/h2-4,6-7,9-10,12,17,21H,5,8,11,13-14H2,1H3/t17-/m0/s1. The minimum Gasteiger partial charge on any atom is -0.481 e. The van der Waals surface area contributed by atoms with E-state index in [1.54, 1.807) is 47.5 Å². The number of nitrogens with one attached hydrogen (secondary N) is 1. The summed E-state index contributed by atoms with van der Waals surface area (Å²) < 4.78 is 33.1. The van der Waals surface area contributed by atoms with Crippen molar-refractivity contribution in [1.29, 1.82) is 0 Å². The minimum absolute atomic E-state index is 0.130. The molecule has 1 N–H and O–H groups in total. The lowest BCUT2D eigenvalue weighted by Gasteiger charge is -2.32. The summed E-state index contributed by atoms with van der Waals surface area (Å²) in [5.74, 6) is 0.304. The van der Waals surface area contributed by atoms with Gasteiger partial charge >= 0.3 is 0 Å². The third-order valence-electron chi connectivity index (χ3n) is 4.61. The zero-order chi connectivity index (χ0) is 19.3. The van der Waals surface area contributed by atoms with E-state index in [-0.39, 0.29) is 19.0 Å². The van der Waals surface area contributed by atoms with Gasteiger partial charge in [0.15, 0.2) is 0 Å². The van der Waals surface area contributed by atoms with Gasteiger partial charge in [0.25, 0.3) is 5.91 Å². The largest absolute Gasteiger partial charge is 0.481 e. The highest BCUT2D eigenvalue weighted by Crippen LogP contribution is 2.19. The number of ether oxygens (including phenoxy) is 1. The van der Waals surface area contributed by atoms with Crippen LogP contribution in [0.4, 0.5) is 0 Å². The average Bonchev–Trinajstić information content (AvgIpc) is 2.72. The van der Waals surface area contributed by atoms with Crippen molar-refractivity contribution in [1.82, 2.24) is 14.6 Å². The number of piperidine rings is 1. The van der Waals surface area contributed by atoms with E-state index in [1.807, 2.05) is 6.07 Å². The third kappa shape index (κ3) is 4.84. The summed E-state index contributed by atoms with van der Waals surface area (Å²) in [6.07, 6.45) is 2.77. The summed E-state index contributed by atoms with van der Waals surface area (Å²) in [6, 6.07) is 12.4. The highest BCUT2D eigenvalue weighted by atomic mass is 32.2. The Morgan fingerprint density at radius 2 is 2.07 bits per heavy atom. The number of amides is 1. The van der Waals surface area contributed by atoms with Crippen LogP contribution in [0.2, 0.25) is 0 Å². The van der Waals surface area contributed by atoms with E-state index in [4.69, 9.17) is 4.74 Å². The van der Waals surface area contributed by atoms with Crippen molar-refractivity contribution in [2.75, 3.05) is 20.2 Å². The topological polar surface area (TPSA) is 88.6 Å². The van der Waals surface area contributed by atoms with Gasteiger partial charge in [0.1, 0.15) is 0 Å². The molecule has 1 amide bonds. The van der Waals surface area contributed by atoms with Crippen molar-refractivity contribution < 1.29 is 17.9 Å². The maximum absolute atomic E-state index is 12.7. The number of nitrogens with zero attached hydrogens (tertiary/aromatic N) is 2. The van der Waals surface area contributed by atoms with Gasteiger partial charge in [0, 0.05) is 37.5 Å². The molecule has 1 aliphatic heterocycles. The predicted octanol–water partition coefficient (Wildman–Crippen LogP) is 1.81. The maximum Gasteiger partial charge on any atom is 0.253 e. The van der Waals surface area contributed by atoms with Gasteiger partial charge in [-0.1, -0.05) is 18.2 Å². The number of sulfonamides is 1. The molecule has 0 saturated carbocycles. The van der Waals surface area contributed by atoms with Crippen LogP contribution < -0.4 is 9.46 Å². The molecular weight excluding hydrogens is 366 g/mol. The lowest BCUT2D eigenvalue weighted by molar-refractivity contribution is 0.0726. The van der Waals surface area contributed by atoms with Gasteiger partial charge in [-0.2, -0.15) is 0 Å². The van der Waals surface area contributed by atoms with Crippen LogP contribution in [0, 0.1) is 0 Å². The summed E-state index contributed by atoms with van der Waals surface area (Å²) in [7, 11) is -2.04. The van der Waals surface area contributed by atoms with Crippen LogP contribution in [-0.4, -0.2) is 49.7 Å². The van der Waals surface area contributed by atoms with Gasteiger partial charge in [-0.25, -0.2) is 18.1 Å². The normalized spacial score (nSPS) is 17.5. The molecule has 0 radical (unpaired) electrons. The third-order valence-corrected chi connectivity index (χ3v) is 6.42. The number of carbonyl (C=O) groups is 1. The summed E-state index contributed by atoms with van der Waals surface area (Å²) in [5, 5.41) is -0.623. The monoisotopic (exact) mass is 389 g/mol. The van der Waals surface area contributed by atoms with E-state index < -0.39 is 15.3 Å². The van der Waals surface area contributed by atoms with E-state index in [0.717, 1.165) is 5.56 Å². The minimum atomic E-state index is -3.55. The summed E-state index contributed by atoms with van der Waals surface area (Å²) >= 11 is 0. The number of carbonyl (C=O) groups excluding carboxylic acids is 1. The number of aromatic nitrogens is 1. The Morgan fingerprint density at radius 1 is 1.30 bits per heavy atom. The van der Waals surface area contributed by atoms with Crippen molar-refractivity contribution in [3.05, 3.63) is 59.8 Å². The average molecular weight is 389 g/mol. The Labute approximate surface area is 159 Å². The molecule has 2 aromatic rings. The Bertz CT molecular complexity index is 887. The van der Waals surface area contributed by atoms with Gasteiger partial charge < -0.3 is 9.64 Å². The van der Waals surface area contributed by atoms with Gasteiger partial charge in [-0.3, -0.25) is 4.79 Å². The number of pyridine rings is 1. The second kappa shape index (κ2) is 8.49. The van der Waals surface area contributed by atoms with Crippen molar-refractivity contribution >= 4 is 15.9 Å². The molecule has 1 saturated heterocycles. The van der Waals surface area contributed by atoms with Crippen LogP contribution in [0.5, 0.6) is 5.88 Å². The van der Waals surface area contributed by atoms with Crippen molar-refractivity contribution in [2.24, 2.45) is 0 Å². The number of methoxy groups -OCH3 is 1. The predicted molar refractivity (Wildman–Crippen MR) is 102 cm³/mol. The van der Waals surface area contributed by atoms with Crippen LogP contribution in [0.15, 0.2) is 48.7 Å². The second-order valence-corrected chi connectivity index (χ2v) is 8.50. The van der Waals surface area contributed by atoms with E-state index in [2.05, 4.69) is 9.71 Å². The molecule has 8 heteroatoms. The molecule has 144 valence electrons. The Morgan fingerprint density at radius 3 is 2.81 bits per heavy atom. The number of hydrogen-bond donors (Lipinski definition) is 1. The van der Waals surface area contributed by atoms with Crippen LogP contribution in [0.1, 0.15) is 28.8 Å². The number of benzene rings is 1. The molecule has 0 bridgehead atoms. The zero-order valence-electron chi connectivity index (χ0n) is 15.2. The molecule has 1 fully saturated rings. The summed E-state index contributed by atoms with van der Waals surface area (Å²) in [5.41, 5.74) is 1.34. The maximum atomic E-state index is 12.7. The smallest absolute Gasteiger partial charge is 0.253 e. The van der Waals surface area contributed by atoms with Gasteiger partial charge in [0.2, 0.25) is 15.9 Å². The highest BCUT2D eigenvalue weighted by Gasteiger charge is 2.32. The second-order valence-electron chi connectivity index (χ2n) is 6.45. The van der Waals surface area contributed by atoms with E-state index in [1.165, 1.54) is 7.11 Å². The Kier molecular flexibility index (Phi) is 6.08. The van der Waals surface area contributed by atoms with Crippen LogP contribution >= 0.6 is 0 Å². The summed E-state index contributed by atoms with van der Waals surface area (Å²) in [6.45, 7) is 0.925. The Balaban J connectivity index is 1.64. The van der Waals surface area contributed by atoms with Crippen molar-refractivity contribution in [2.45, 2.75) is 24.6 Å². The first-order valence-corrected chi connectivity index (χ1v) is 10.4. The quantitative estimate of drug-likeness (QED) is 0.814. The fraction of sp³-hybridized carbons (Fsp3) is 0.368. The molecule has 7 nitrogen and oxygen atoms in total. The van der Waals surface area contributed by atoms with Crippen molar-refractivity contribution in [3.8, 4) is 5.88 Å². The molecule has 0 aliphatic carbocycles. The van der Waals surface area contributed by atoms with Crippen LogP contribution in [0.3, 0.4) is 0 Å². The van der Waals surface area contributed by atoms with E-state index in [0.29, 0.717) is 30.8 Å². The van der Waals surface area contributed by atoms with E-state index in [9.17, 15) is 13.2 Å².